The summed E-state index contributed by atoms with van der Waals surface area (Å²) in [4.78, 5) is 13.0. The van der Waals surface area contributed by atoms with Crippen LogP contribution in [0.4, 0.5) is 5.95 Å². The van der Waals surface area contributed by atoms with Crippen LogP contribution in [-0.4, -0.2) is 21.9 Å². The third kappa shape index (κ3) is 6.93. The predicted molar refractivity (Wildman–Crippen MR) is 119 cm³/mol. The van der Waals surface area contributed by atoms with Gasteiger partial charge in [0.25, 0.3) is 0 Å². The lowest BCUT2D eigenvalue weighted by atomic mass is 9.80. The lowest BCUT2D eigenvalue weighted by Gasteiger charge is -2.25. The highest BCUT2D eigenvalue weighted by Crippen LogP contribution is 2.28. The van der Waals surface area contributed by atoms with Gasteiger partial charge in [-0.05, 0) is 47.2 Å². The zero-order chi connectivity index (χ0) is 19.4. The highest BCUT2D eigenvalue weighted by molar-refractivity contribution is 7.08. The second-order valence-corrected chi connectivity index (χ2v) is 8.63. The van der Waals surface area contributed by atoms with Crippen LogP contribution in [0.5, 0.6) is 0 Å². The molecule has 1 fully saturated rings. The first kappa shape index (κ1) is 20.8. The van der Waals surface area contributed by atoms with E-state index in [1.807, 2.05) is 6.21 Å². The van der Waals surface area contributed by atoms with Gasteiger partial charge in [0, 0.05) is 36.7 Å². The van der Waals surface area contributed by atoms with E-state index in [1.54, 1.807) is 29.8 Å². The maximum absolute atomic E-state index is 8.86. The van der Waals surface area contributed by atoms with Crippen molar-refractivity contribution in [2.75, 3.05) is 0 Å². The van der Waals surface area contributed by atoms with Gasteiger partial charge in [-0.3, -0.25) is 0 Å². The van der Waals surface area contributed by atoms with Crippen molar-refractivity contribution in [2.45, 2.75) is 70.6 Å². The molecule has 0 radical (unpaired) electrons. The summed E-state index contributed by atoms with van der Waals surface area (Å²) in [6, 6.07) is 3.94. The fourth-order valence-corrected chi connectivity index (χ4v) is 4.78. The Morgan fingerprint density at radius 2 is 1.71 bits per heavy atom. The van der Waals surface area contributed by atoms with Crippen molar-refractivity contribution in [3.05, 3.63) is 40.8 Å². The summed E-state index contributed by atoms with van der Waals surface area (Å²) in [7, 11) is 0. The molecule has 1 unspecified atom stereocenters. The van der Waals surface area contributed by atoms with Gasteiger partial charge in [0.05, 0.1) is 0 Å². The molecule has 0 aromatic carbocycles. The van der Waals surface area contributed by atoms with Gasteiger partial charge in [0.1, 0.15) is 0 Å². The van der Waals surface area contributed by atoms with Crippen molar-refractivity contribution >= 4 is 29.2 Å². The van der Waals surface area contributed by atoms with Crippen LogP contribution in [0.2, 0.25) is 0 Å². The number of hydrogen-bond donors (Lipinski definition) is 1. The van der Waals surface area contributed by atoms with Gasteiger partial charge in [-0.1, -0.05) is 51.4 Å². The standard InChI is InChI=1S/C23H32N4S/c24-22(16-19-12-15-28-18-19)21(17-27-23-25-13-9-14-26-23)20-10-7-5-3-1-2-4-6-8-11-20/h9,12-15,17-18,20-21,24H,1-8,10-11,16H2. The SMILES string of the molecule is N=C(Cc1ccsc1)C(C=Nc1ncccn1)C1CCCCCCCCCC1. The first-order chi connectivity index (χ1) is 13.8. The fraction of sp³-hybridized carbons (Fsp3) is 0.565. The van der Waals surface area contributed by atoms with Gasteiger partial charge in [-0.2, -0.15) is 11.3 Å². The van der Waals surface area contributed by atoms with E-state index in [4.69, 9.17) is 5.41 Å². The van der Waals surface area contributed by atoms with Gasteiger partial charge in [-0.25, -0.2) is 15.0 Å². The molecule has 3 rings (SSSR count). The van der Waals surface area contributed by atoms with Gasteiger partial charge in [0.2, 0.25) is 5.95 Å². The van der Waals surface area contributed by atoms with Crippen molar-refractivity contribution in [3.63, 3.8) is 0 Å². The molecule has 150 valence electrons. The predicted octanol–water partition coefficient (Wildman–Crippen LogP) is 6.65. The minimum atomic E-state index is 0.0736. The Morgan fingerprint density at radius 3 is 2.32 bits per heavy atom. The summed E-state index contributed by atoms with van der Waals surface area (Å²) in [5.41, 5.74) is 2.01. The number of nitrogens with one attached hydrogen (secondary N) is 1. The Kier molecular flexibility index (Phi) is 8.82. The second kappa shape index (κ2) is 11.8. The van der Waals surface area contributed by atoms with Crippen molar-refractivity contribution in [3.8, 4) is 0 Å². The van der Waals surface area contributed by atoms with Crippen molar-refractivity contribution < 1.29 is 0 Å². The van der Waals surface area contributed by atoms with Gasteiger partial charge in [0.15, 0.2) is 0 Å². The van der Waals surface area contributed by atoms with E-state index < -0.39 is 0 Å². The molecule has 0 saturated heterocycles. The number of thiophene rings is 1. The number of aliphatic imine (C=N–C) groups is 1. The maximum atomic E-state index is 8.86. The first-order valence-corrected chi connectivity index (χ1v) is 11.7. The Bertz CT molecular complexity index is 699. The third-order valence-corrected chi connectivity index (χ3v) is 6.42. The lowest BCUT2D eigenvalue weighted by molar-refractivity contribution is 0.390. The first-order valence-electron chi connectivity index (χ1n) is 10.7. The molecule has 28 heavy (non-hydrogen) atoms. The van der Waals surface area contributed by atoms with Gasteiger partial charge >= 0.3 is 0 Å². The third-order valence-electron chi connectivity index (χ3n) is 5.69. The highest BCUT2D eigenvalue weighted by Gasteiger charge is 2.24. The van der Waals surface area contributed by atoms with Crippen LogP contribution < -0.4 is 0 Å². The van der Waals surface area contributed by atoms with Crippen molar-refractivity contribution in [1.82, 2.24) is 9.97 Å². The Labute approximate surface area is 173 Å². The Balaban J connectivity index is 1.75. The number of rotatable bonds is 6. The van der Waals surface area contributed by atoms with E-state index in [0.29, 0.717) is 18.3 Å². The summed E-state index contributed by atoms with van der Waals surface area (Å²) in [5.74, 6) is 1.06. The van der Waals surface area contributed by atoms with Crippen molar-refractivity contribution in [2.24, 2.45) is 16.8 Å². The molecule has 2 aromatic rings. The molecular formula is C23H32N4S. The van der Waals surface area contributed by atoms with E-state index >= 15 is 0 Å². The summed E-state index contributed by atoms with van der Waals surface area (Å²) in [5, 5.41) is 13.1. The van der Waals surface area contributed by atoms with E-state index in [2.05, 4.69) is 31.8 Å². The van der Waals surface area contributed by atoms with E-state index in [0.717, 1.165) is 5.71 Å². The molecule has 2 aromatic heterocycles. The quantitative estimate of drug-likeness (QED) is 0.556. The largest absolute Gasteiger partial charge is 0.309 e. The molecular weight excluding hydrogens is 364 g/mol. The van der Waals surface area contributed by atoms with Gasteiger partial charge < -0.3 is 5.41 Å². The Hall–Kier alpha value is -1.88. The average Bonchev–Trinajstić information content (AvgIpc) is 3.20. The summed E-state index contributed by atoms with van der Waals surface area (Å²) >= 11 is 1.70. The van der Waals surface area contributed by atoms with E-state index in [9.17, 15) is 0 Å². The maximum Gasteiger partial charge on any atom is 0.248 e. The van der Waals surface area contributed by atoms with Crippen LogP contribution >= 0.6 is 11.3 Å². The summed E-state index contributed by atoms with van der Waals surface area (Å²) in [6.07, 6.45) is 19.2. The summed E-state index contributed by atoms with van der Waals surface area (Å²) < 4.78 is 0. The molecule has 0 spiro atoms. The van der Waals surface area contributed by atoms with Crippen LogP contribution in [0.3, 0.4) is 0 Å². The van der Waals surface area contributed by atoms with Gasteiger partial charge in [-0.15, -0.1) is 0 Å². The number of nitrogens with zero attached hydrogens (tertiary/aromatic N) is 3. The zero-order valence-corrected chi connectivity index (χ0v) is 17.5. The number of aromatic nitrogens is 2. The molecule has 0 amide bonds. The Morgan fingerprint density at radius 1 is 1.07 bits per heavy atom. The molecule has 2 heterocycles. The minimum absolute atomic E-state index is 0.0736. The molecule has 1 N–H and O–H groups in total. The van der Waals surface area contributed by atoms with Crippen molar-refractivity contribution in [1.29, 1.82) is 5.41 Å². The molecule has 5 heteroatoms. The normalized spacial score (nSPS) is 18.6. The van der Waals surface area contributed by atoms with Crippen LogP contribution in [0.1, 0.15) is 69.8 Å². The average molecular weight is 397 g/mol. The van der Waals surface area contributed by atoms with Crippen LogP contribution in [0.25, 0.3) is 0 Å². The zero-order valence-electron chi connectivity index (χ0n) is 16.7. The summed E-state index contributed by atoms with van der Waals surface area (Å²) in [6.45, 7) is 0. The smallest absolute Gasteiger partial charge is 0.248 e. The molecule has 4 nitrogen and oxygen atoms in total. The molecule has 1 aliphatic rings. The second-order valence-electron chi connectivity index (χ2n) is 7.85. The topological polar surface area (TPSA) is 62.0 Å². The minimum Gasteiger partial charge on any atom is -0.309 e. The molecule has 1 atom stereocenters. The molecule has 0 bridgehead atoms. The van der Waals surface area contributed by atoms with Crippen LogP contribution in [-0.2, 0) is 6.42 Å². The molecule has 1 aliphatic carbocycles. The molecule has 0 aliphatic heterocycles. The fourth-order valence-electron chi connectivity index (χ4n) is 4.11. The van der Waals surface area contributed by atoms with Crippen LogP contribution in [0.15, 0.2) is 40.3 Å². The monoisotopic (exact) mass is 396 g/mol. The molecule has 1 saturated carbocycles. The lowest BCUT2D eigenvalue weighted by Crippen LogP contribution is -2.26. The number of hydrogen-bond acceptors (Lipinski definition) is 5. The van der Waals surface area contributed by atoms with E-state index in [1.165, 1.54) is 69.8 Å². The van der Waals surface area contributed by atoms with E-state index in [-0.39, 0.29) is 5.92 Å². The highest BCUT2D eigenvalue weighted by atomic mass is 32.1. The van der Waals surface area contributed by atoms with Crippen LogP contribution in [0, 0.1) is 17.2 Å².